The highest BCUT2D eigenvalue weighted by Gasteiger charge is 2.28. The molecular formula is C23H29N3O5S. The number of hydrogen-bond acceptors (Lipinski definition) is 5. The summed E-state index contributed by atoms with van der Waals surface area (Å²) >= 11 is 0. The molecule has 172 valence electrons. The predicted molar refractivity (Wildman–Crippen MR) is 122 cm³/mol. The van der Waals surface area contributed by atoms with Crippen molar-refractivity contribution in [3.63, 3.8) is 0 Å². The van der Waals surface area contributed by atoms with Gasteiger partial charge in [0.1, 0.15) is 5.75 Å². The minimum Gasteiger partial charge on any atom is -0.497 e. The van der Waals surface area contributed by atoms with Crippen molar-refractivity contribution in [1.29, 1.82) is 0 Å². The first-order chi connectivity index (χ1) is 15.2. The van der Waals surface area contributed by atoms with Crippen molar-refractivity contribution in [1.82, 2.24) is 10.2 Å². The maximum absolute atomic E-state index is 13.0. The summed E-state index contributed by atoms with van der Waals surface area (Å²) in [6.45, 7) is 4.74. The molecule has 1 aliphatic rings. The summed E-state index contributed by atoms with van der Waals surface area (Å²) in [5.41, 5.74) is 0.692. The molecule has 9 heteroatoms. The lowest BCUT2D eigenvalue weighted by Gasteiger charge is -2.31. The number of hydrogen-bond donors (Lipinski definition) is 2. The molecule has 3 rings (SSSR count). The van der Waals surface area contributed by atoms with E-state index >= 15 is 0 Å². The lowest BCUT2D eigenvalue weighted by atomic mass is 9.95. The van der Waals surface area contributed by atoms with Gasteiger partial charge in [0.2, 0.25) is 5.91 Å². The average Bonchev–Trinajstić information content (AvgIpc) is 2.78. The molecule has 2 amide bonds. The second-order valence-corrected chi connectivity index (χ2v) is 9.77. The van der Waals surface area contributed by atoms with Gasteiger partial charge in [-0.25, -0.2) is 8.42 Å². The summed E-state index contributed by atoms with van der Waals surface area (Å²) in [6.07, 6.45) is 1.17. The van der Waals surface area contributed by atoms with Crippen LogP contribution in [0.25, 0.3) is 0 Å². The van der Waals surface area contributed by atoms with E-state index in [9.17, 15) is 18.0 Å². The van der Waals surface area contributed by atoms with Crippen molar-refractivity contribution in [3.8, 4) is 5.75 Å². The highest BCUT2D eigenvalue weighted by atomic mass is 32.2. The molecule has 0 saturated carbocycles. The number of carbonyl (C=O) groups excluding carboxylic acids is 2. The molecule has 0 radical (unpaired) electrons. The van der Waals surface area contributed by atoms with E-state index in [1.807, 2.05) is 13.8 Å². The molecule has 0 aliphatic carbocycles. The van der Waals surface area contributed by atoms with Crippen LogP contribution in [0.2, 0.25) is 0 Å². The molecule has 1 heterocycles. The molecule has 1 aliphatic heterocycles. The summed E-state index contributed by atoms with van der Waals surface area (Å²) in [5.74, 6) is 0.284. The van der Waals surface area contributed by atoms with Gasteiger partial charge in [-0.1, -0.05) is 6.07 Å². The number of nitrogens with zero attached hydrogens (tertiary/aromatic N) is 1. The highest BCUT2D eigenvalue weighted by molar-refractivity contribution is 7.92. The third kappa shape index (κ3) is 5.79. The second kappa shape index (κ2) is 10.0. The van der Waals surface area contributed by atoms with Crippen molar-refractivity contribution in [2.24, 2.45) is 5.92 Å². The molecule has 2 N–H and O–H groups in total. The zero-order valence-electron chi connectivity index (χ0n) is 18.5. The van der Waals surface area contributed by atoms with Gasteiger partial charge < -0.3 is 15.0 Å². The number of ether oxygens (including phenoxy) is 1. The third-order valence-corrected chi connectivity index (χ3v) is 6.70. The summed E-state index contributed by atoms with van der Waals surface area (Å²) in [6, 6.07) is 12.6. The quantitative estimate of drug-likeness (QED) is 0.663. The first kappa shape index (κ1) is 23.6. The van der Waals surface area contributed by atoms with Gasteiger partial charge in [-0.15, -0.1) is 0 Å². The molecule has 0 bridgehead atoms. The molecule has 8 nitrogen and oxygen atoms in total. The molecule has 0 aromatic heterocycles. The summed E-state index contributed by atoms with van der Waals surface area (Å²) in [5, 5.41) is 2.92. The van der Waals surface area contributed by atoms with Crippen LogP contribution in [-0.2, 0) is 14.8 Å². The van der Waals surface area contributed by atoms with Crippen LogP contribution in [0.5, 0.6) is 5.75 Å². The number of nitrogens with one attached hydrogen (secondary N) is 2. The number of sulfonamides is 1. The van der Waals surface area contributed by atoms with Crippen molar-refractivity contribution in [3.05, 3.63) is 54.1 Å². The topological polar surface area (TPSA) is 105 Å². The van der Waals surface area contributed by atoms with Gasteiger partial charge in [0.05, 0.1) is 12.0 Å². The number of methoxy groups -OCH3 is 1. The van der Waals surface area contributed by atoms with Crippen LogP contribution < -0.4 is 14.8 Å². The van der Waals surface area contributed by atoms with Crippen LogP contribution in [0.3, 0.4) is 0 Å². The van der Waals surface area contributed by atoms with E-state index in [0.29, 0.717) is 42.9 Å². The Morgan fingerprint density at radius 1 is 1.06 bits per heavy atom. The normalized spacial score (nSPS) is 14.8. The van der Waals surface area contributed by atoms with Gasteiger partial charge in [0, 0.05) is 36.3 Å². The number of piperidine rings is 1. The van der Waals surface area contributed by atoms with Gasteiger partial charge in [0.25, 0.3) is 15.9 Å². The minimum atomic E-state index is -3.87. The van der Waals surface area contributed by atoms with E-state index < -0.39 is 10.0 Å². The number of benzene rings is 2. The highest BCUT2D eigenvalue weighted by Crippen LogP contribution is 2.23. The zero-order chi connectivity index (χ0) is 23.3. The lowest BCUT2D eigenvalue weighted by Crippen LogP contribution is -2.44. The third-order valence-electron chi connectivity index (χ3n) is 5.32. The summed E-state index contributed by atoms with van der Waals surface area (Å²) in [4.78, 5) is 26.8. The van der Waals surface area contributed by atoms with E-state index in [1.165, 1.54) is 19.2 Å². The number of carbonyl (C=O) groups is 2. The van der Waals surface area contributed by atoms with E-state index in [0.717, 1.165) is 0 Å². The molecular weight excluding hydrogens is 430 g/mol. The lowest BCUT2D eigenvalue weighted by molar-refractivity contribution is -0.126. The van der Waals surface area contributed by atoms with Crippen LogP contribution in [0, 0.1) is 5.92 Å². The van der Waals surface area contributed by atoms with Crippen LogP contribution in [-0.4, -0.2) is 51.4 Å². The van der Waals surface area contributed by atoms with Crippen LogP contribution in [0.4, 0.5) is 5.69 Å². The number of rotatable bonds is 7. The molecule has 1 saturated heterocycles. The van der Waals surface area contributed by atoms with Crippen LogP contribution in [0.15, 0.2) is 53.4 Å². The Labute approximate surface area is 189 Å². The maximum atomic E-state index is 13.0. The van der Waals surface area contributed by atoms with Crippen molar-refractivity contribution in [2.45, 2.75) is 37.6 Å². The van der Waals surface area contributed by atoms with E-state index in [2.05, 4.69) is 10.0 Å². The molecule has 32 heavy (non-hydrogen) atoms. The predicted octanol–water partition coefficient (Wildman–Crippen LogP) is 2.87. The molecule has 0 unspecified atom stereocenters. The number of amides is 2. The molecule has 0 spiro atoms. The largest absolute Gasteiger partial charge is 0.497 e. The van der Waals surface area contributed by atoms with Gasteiger partial charge >= 0.3 is 0 Å². The van der Waals surface area contributed by atoms with E-state index in [1.54, 1.807) is 41.3 Å². The molecule has 2 aromatic rings. The fourth-order valence-corrected chi connectivity index (χ4v) is 4.70. The fraction of sp³-hybridized carbons (Fsp3) is 0.391. The Morgan fingerprint density at radius 3 is 2.31 bits per heavy atom. The average molecular weight is 460 g/mol. The van der Waals surface area contributed by atoms with Gasteiger partial charge in [0.15, 0.2) is 0 Å². The standard InChI is InChI=1S/C23H29N3O5S/c1-16(2)24-22(27)17-11-13-26(14-12-17)23(28)18-5-4-6-21(15-18)32(29,30)25-19-7-9-20(31-3)10-8-19/h4-10,15-17,25H,11-14H2,1-3H3,(H,24,27). The van der Waals surface area contributed by atoms with E-state index in [-0.39, 0.29) is 28.7 Å². The number of anilines is 1. The number of likely N-dealkylation sites (tertiary alicyclic amines) is 1. The van der Waals surface area contributed by atoms with Crippen molar-refractivity contribution >= 4 is 27.5 Å². The zero-order valence-corrected chi connectivity index (χ0v) is 19.3. The first-order valence-corrected chi connectivity index (χ1v) is 12.0. The summed E-state index contributed by atoms with van der Waals surface area (Å²) in [7, 11) is -2.33. The smallest absolute Gasteiger partial charge is 0.261 e. The van der Waals surface area contributed by atoms with Crippen LogP contribution >= 0.6 is 0 Å². The van der Waals surface area contributed by atoms with E-state index in [4.69, 9.17) is 4.74 Å². The van der Waals surface area contributed by atoms with Crippen molar-refractivity contribution in [2.75, 3.05) is 24.9 Å². The Hall–Kier alpha value is -3.07. The first-order valence-electron chi connectivity index (χ1n) is 10.6. The molecule has 2 aromatic carbocycles. The maximum Gasteiger partial charge on any atom is 0.261 e. The minimum absolute atomic E-state index is 0.00497. The summed E-state index contributed by atoms with van der Waals surface area (Å²) < 4.78 is 33.2. The Bertz CT molecular complexity index is 1060. The SMILES string of the molecule is COc1ccc(NS(=O)(=O)c2cccc(C(=O)N3CCC(C(=O)NC(C)C)CC3)c2)cc1. The molecule has 0 atom stereocenters. The van der Waals surface area contributed by atoms with Gasteiger partial charge in [-0.05, 0) is 69.2 Å². The Balaban J connectivity index is 1.67. The monoisotopic (exact) mass is 459 g/mol. The van der Waals surface area contributed by atoms with Crippen molar-refractivity contribution < 1.29 is 22.7 Å². The molecule has 1 fully saturated rings. The fourth-order valence-electron chi connectivity index (χ4n) is 3.60. The van der Waals surface area contributed by atoms with Crippen LogP contribution in [0.1, 0.15) is 37.0 Å². The second-order valence-electron chi connectivity index (χ2n) is 8.09. The van der Waals surface area contributed by atoms with Gasteiger partial charge in [-0.3, -0.25) is 14.3 Å². The van der Waals surface area contributed by atoms with Gasteiger partial charge in [-0.2, -0.15) is 0 Å². The Kier molecular flexibility index (Phi) is 7.40. The Morgan fingerprint density at radius 2 is 1.72 bits per heavy atom.